The number of hydrogen-bond acceptors (Lipinski definition) is 5. The number of carbonyl (C=O) groups is 2. The molecule has 35 heavy (non-hydrogen) atoms. The zero-order chi connectivity index (χ0) is 25.0. The average Bonchev–Trinajstić information content (AvgIpc) is 3.35. The molecule has 0 aromatic heterocycles. The number of rotatable bonds is 10. The van der Waals surface area contributed by atoms with Crippen LogP contribution in [0.15, 0.2) is 54.6 Å². The van der Waals surface area contributed by atoms with Crippen molar-refractivity contribution in [2.24, 2.45) is 11.8 Å². The van der Waals surface area contributed by atoms with Crippen LogP contribution in [0.25, 0.3) is 11.1 Å². The molecular weight excluding hydrogens is 454 g/mol. The molecular formula is C28H32F2O5. The Bertz CT molecular complexity index is 1010. The topological polar surface area (TPSA) is 72.8 Å². The van der Waals surface area contributed by atoms with E-state index in [2.05, 4.69) is 0 Å². The molecule has 1 saturated carbocycles. The van der Waals surface area contributed by atoms with Crippen molar-refractivity contribution in [1.29, 1.82) is 0 Å². The first-order valence-corrected chi connectivity index (χ1v) is 12.4. The monoisotopic (exact) mass is 486 g/mol. The number of hydrogen-bond donors (Lipinski definition) is 1. The van der Waals surface area contributed by atoms with Gasteiger partial charge in [-0.3, -0.25) is 4.79 Å². The zero-order valence-electron chi connectivity index (χ0n) is 19.9. The first kappa shape index (κ1) is 25.3. The lowest BCUT2D eigenvalue weighted by Crippen LogP contribution is -2.33. The van der Waals surface area contributed by atoms with E-state index in [-0.39, 0.29) is 43.2 Å². The smallest absolute Gasteiger partial charge is 0.338 e. The predicted octanol–water partition coefficient (Wildman–Crippen LogP) is 5.80. The van der Waals surface area contributed by atoms with Crippen LogP contribution in [0.5, 0.6) is 0 Å². The van der Waals surface area contributed by atoms with Crippen LogP contribution in [0.2, 0.25) is 0 Å². The maximum absolute atomic E-state index is 14.0. The highest BCUT2D eigenvalue weighted by atomic mass is 19.3. The SMILES string of the molecule is CCCC(F)(F)C(O)CCC[C@@H]1[C@H]2CC(=O)O[C@H]2C[C@H]1OC(=O)c1ccc(-c2ccccc2)cc1. The summed E-state index contributed by atoms with van der Waals surface area (Å²) in [6.07, 6.45) is -1.13. The highest BCUT2D eigenvalue weighted by Gasteiger charge is 2.51. The molecule has 4 rings (SSSR count). The van der Waals surface area contributed by atoms with Gasteiger partial charge in [-0.05, 0) is 36.1 Å². The summed E-state index contributed by atoms with van der Waals surface area (Å²) >= 11 is 0. The molecule has 1 aliphatic carbocycles. The Balaban J connectivity index is 1.39. The predicted molar refractivity (Wildman–Crippen MR) is 127 cm³/mol. The first-order chi connectivity index (χ1) is 16.8. The number of alkyl halides is 2. The summed E-state index contributed by atoms with van der Waals surface area (Å²) in [6, 6.07) is 17.0. The second-order valence-corrected chi connectivity index (χ2v) is 9.64. The Morgan fingerprint density at radius 2 is 1.83 bits per heavy atom. The maximum atomic E-state index is 14.0. The molecule has 2 aromatic rings. The summed E-state index contributed by atoms with van der Waals surface area (Å²) in [7, 11) is 0. The standard InChI is InChI=1S/C28H32F2O5/c1-2-15-28(29,30)25(31)10-6-9-21-22-16-26(32)34-24(22)17-23(21)35-27(33)20-13-11-19(12-14-20)18-7-4-3-5-8-18/h3-5,7-8,11-14,21-25,31H,2,6,9-10,15-17H2,1H3/t21-,22-,23-,24+,25?/m1/s1. The van der Waals surface area contributed by atoms with Gasteiger partial charge in [0, 0.05) is 24.7 Å². The van der Waals surface area contributed by atoms with E-state index in [0.717, 1.165) is 11.1 Å². The highest BCUT2D eigenvalue weighted by Crippen LogP contribution is 2.45. The fourth-order valence-corrected chi connectivity index (χ4v) is 5.39. The van der Waals surface area contributed by atoms with Crippen LogP contribution in [0.4, 0.5) is 8.78 Å². The van der Waals surface area contributed by atoms with Crippen molar-refractivity contribution in [3.63, 3.8) is 0 Å². The van der Waals surface area contributed by atoms with Gasteiger partial charge in [0.1, 0.15) is 18.3 Å². The molecule has 2 aliphatic rings. The van der Waals surface area contributed by atoms with E-state index < -0.39 is 24.1 Å². The van der Waals surface area contributed by atoms with Crippen LogP contribution in [0, 0.1) is 11.8 Å². The van der Waals surface area contributed by atoms with Crippen molar-refractivity contribution < 1.29 is 33.0 Å². The molecule has 1 heterocycles. The Labute approximate surface area is 204 Å². The van der Waals surface area contributed by atoms with Crippen molar-refractivity contribution in [2.45, 2.75) is 76.1 Å². The van der Waals surface area contributed by atoms with Gasteiger partial charge in [-0.2, -0.15) is 0 Å². The van der Waals surface area contributed by atoms with Crippen molar-refractivity contribution in [1.82, 2.24) is 0 Å². The molecule has 0 amide bonds. The first-order valence-electron chi connectivity index (χ1n) is 12.4. The molecule has 0 spiro atoms. The van der Waals surface area contributed by atoms with Gasteiger partial charge in [-0.15, -0.1) is 0 Å². The van der Waals surface area contributed by atoms with E-state index >= 15 is 0 Å². The minimum atomic E-state index is -3.11. The average molecular weight is 487 g/mol. The minimum Gasteiger partial charge on any atom is -0.462 e. The van der Waals surface area contributed by atoms with Crippen molar-refractivity contribution in [3.8, 4) is 11.1 Å². The number of aliphatic hydroxyl groups is 1. The summed E-state index contributed by atoms with van der Waals surface area (Å²) in [6.45, 7) is 1.66. The summed E-state index contributed by atoms with van der Waals surface area (Å²) in [5.41, 5.74) is 2.46. The van der Waals surface area contributed by atoms with Gasteiger partial charge < -0.3 is 14.6 Å². The van der Waals surface area contributed by atoms with Gasteiger partial charge in [-0.1, -0.05) is 62.2 Å². The number of carbonyl (C=O) groups excluding carboxylic acids is 2. The number of aliphatic hydroxyl groups excluding tert-OH is 1. The summed E-state index contributed by atoms with van der Waals surface area (Å²) in [5.74, 6) is -4.13. The van der Waals surface area contributed by atoms with E-state index in [0.29, 0.717) is 31.2 Å². The number of fused-ring (bicyclic) bond motifs is 1. The largest absolute Gasteiger partial charge is 0.462 e. The number of halogens is 2. The van der Waals surface area contributed by atoms with E-state index in [9.17, 15) is 23.5 Å². The van der Waals surface area contributed by atoms with E-state index in [1.165, 1.54) is 0 Å². The fourth-order valence-electron chi connectivity index (χ4n) is 5.39. The van der Waals surface area contributed by atoms with Crippen molar-refractivity contribution >= 4 is 11.9 Å². The van der Waals surface area contributed by atoms with E-state index in [1.807, 2.05) is 42.5 Å². The Hall–Kier alpha value is -2.80. The third kappa shape index (κ3) is 5.89. The molecule has 1 saturated heterocycles. The molecule has 1 N–H and O–H groups in total. The molecule has 5 atom stereocenters. The fraction of sp³-hybridized carbons (Fsp3) is 0.500. The van der Waals surface area contributed by atoms with Gasteiger partial charge >= 0.3 is 11.9 Å². The quantitative estimate of drug-likeness (QED) is 0.430. The number of benzene rings is 2. The molecule has 7 heteroatoms. The normalized spacial score (nSPS) is 24.6. The molecule has 0 radical (unpaired) electrons. The molecule has 5 nitrogen and oxygen atoms in total. The zero-order valence-corrected chi connectivity index (χ0v) is 19.9. The van der Waals surface area contributed by atoms with Crippen molar-refractivity contribution in [3.05, 3.63) is 60.2 Å². The third-order valence-corrected chi connectivity index (χ3v) is 7.23. The third-order valence-electron chi connectivity index (χ3n) is 7.23. The van der Waals surface area contributed by atoms with Gasteiger partial charge in [0.2, 0.25) is 0 Å². The van der Waals surface area contributed by atoms with Crippen LogP contribution in [-0.2, 0) is 14.3 Å². The molecule has 0 bridgehead atoms. The molecule has 2 aromatic carbocycles. The lowest BCUT2D eigenvalue weighted by molar-refractivity contribution is -0.141. The summed E-state index contributed by atoms with van der Waals surface area (Å²) in [5, 5.41) is 9.96. The van der Waals surface area contributed by atoms with Crippen LogP contribution >= 0.6 is 0 Å². The minimum absolute atomic E-state index is 0.0443. The summed E-state index contributed by atoms with van der Waals surface area (Å²) < 4.78 is 39.2. The lowest BCUT2D eigenvalue weighted by atomic mass is 9.87. The molecule has 1 unspecified atom stereocenters. The lowest BCUT2D eigenvalue weighted by Gasteiger charge is -2.25. The van der Waals surface area contributed by atoms with Gasteiger partial charge in [-0.25, -0.2) is 13.6 Å². The van der Waals surface area contributed by atoms with Crippen LogP contribution < -0.4 is 0 Å². The summed E-state index contributed by atoms with van der Waals surface area (Å²) in [4.78, 5) is 24.7. The van der Waals surface area contributed by atoms with Gasteiger partial charge in [0.05, 0.1) is 12.0 Å². The second-order valence-electron chi connectivity index (χ2n) is 9.64. The molecule has 1 aliphatic heterocycles. The maximum Gasteiger partial charge on any atom is 0.338 e. The number of ether oxygens (including phenoxy) is 2. The Morgan fingerprint density at radius 3 is 2.51 bits per heavy atom. The van der Waals surface area contributed by atoms with Crippen LogP contribution in [0.1, 0.15) is 62.2 Å². The van der Waals surface area contributed by atoms with Crippen molar-refractivity contribution in [2.75, 3.05) is 0 Å². The van der Waals surface area contributed by atoms with E-state index in [4.69, 9.17) is 9.47 Å². The Kier molecular flexibility index (Phi) is 7.85. The van der Waals surface area contributed by atoms with E-state index in [1.54, 1.807) is 19.1 Å². The van der Waals surface area contributed by atoms with Gasteiger partial charge in [0.15, 0.2) is 0 Å². The van der Waals surface area contributed by atoms with Crippen LogP contribution in [-0.4, -0.2) is 41.3 Å². The van der Waals surface area contributed by atoms with Gasteiger partial charge in [0.25, 0.3) is 5.92 Å². The Morgan fingerprint density at radius 1 is 1.14 bits per heavy atom. The highest BCUT2D eigenvalue weighted by molar-refractivity contribution is 5.90. The molecule has 2 fully saturated rings. The van der Waals surface area contributed by atoms with Crippen LogP contribution in [0.3, 0.4) is 0 Å². The second kappa shape index (κ2) is 10.9. The number of esters is 2. The molecule has 188 valence electrons.